The second-order valence-electron chi connectivity index (χ2n) is 8.31. The van der Waals surface area contributed by atoms with E-state index in [9.17, 15) is 10.1 Å². The molecule has 2 atom stereocenters. The Morgan fingerprint density at radius 2 is 2.00 bits per heavy atom. The molecular formula is C23H28N2O2S. The molecule has 4 nitrogen and oxygen atoms in total. The van der Waals surface area contributed by atoms with Crippen LogP contribution in [0, 0.1) is 22.7 Å². The molecular weight excluding hydrogens is 368 g/mol. The van der Waals surface area contributed by atoms with E-state index in [1.165, 1.54) is 0 Å². The number of ether oxygens (including phenoxy) is 1. The van der Waals surface area contributed by atoms with Crippen molar-refractivity contribution in [3.05, 3.63) is 41.1 Å². The Labute approximate surface area is 172 Å². The highest BCUT2D eigenvalue weighted by Gasteiger charge is 2.44. The molecule has 1 unspecified atom stereocenters. The summed E-state index contributed by atoms with van der Waals surface area (Å²) in [5.74, 6) is 1.18. The van der Waals surface area contributed by atoms with Gasteiger partial charge in [-0.1, -0.05) is 39.3 Å². The number of aliphatic imine (C=N–C) groups is 1. The first-order valence-electron chi connectivity index (χ1n) is 9.91. The van der Waals surface area contributed by atoms with Crippen LogP contribution in [0.15, 0.2) is 40.5 Å². The zero-order chi connectivity index (χ0) is 20.3. The van der Waals surface area contributed by atoms with Crippen molar-refractivity contribution in [1.29, 1.82) is 5.26 Å². The van der Waals surface area contributed by atoms with E-state index in [4.69, 9.17) is 9.73 Å². The van der Waals surface area contributed by atoms with Gasteiger partial charge >= 0.3 is 0 Å². The average Bonchev–Trinajstić information content (AvgIpc) is 2.66. The molecule has 0 aromatic heterocycles. The van der Waals surface area contributed by atoms with E-state index in [1.54, 1.807) is 18.9 Å². The summed E-state index contributed by atoms with van der Waals surface area (Å²) in [5.41, 5.74) is 2.52. The number of methoxy groups -OCH3 is 1. The smallest absolute Gasteiger partial charge is 0.161 e. The van der Waals surface area contributed by atoms with Crippen molar-refractivity contribution in [2.24, 2.45) is 16.3 Å². The fourth-order valence-corrected chi connectivity index (χ4v) is 5.19. The standard InChI is InChI=1S/C23H28N2O2S/c1-5-6-11-28-22-17(14-24)20(15-7-9-16(27-4)10-8-15)21-18(25-22)12-23(2,3)13-19(21)26/h7-10,17,20H,5-6,11-13H2,1-4H3/t17?,20-/m0/s1. The second-order valence-corrected chi connectivity index (χ2v) is 9.43. The summed E-state index contributed by atoms with van der Waals surface area (Å²) in [6.07, 6.45) is 3.48. The molecule has 1 aromatic rings. The fourth-order valence-electron chi connectivity index (χ4n) is 4.01. The molecule has 1 aliphatic carbocycles. The second kappa shape index (κ2) is 8.53. The third-order valence-electron chi connectivity index (χ3n) is 5.41. The van der Waals surface area contributed by atoms with Crippen molar-refractivity contribution in [3.8, 4) is 11.8 Å². The SMILES string of the molecule is CCCCSC1=NC2=C(C(=O)CC(C)(C)C2)[C@@H](c2ccc(OC)cc2)C1C#N. The summed E-state index contributed by atoms with van der Waals surface area (Å²) in [6.45, 7) is 6.40. The predicted molar refractivity (Wildman–Crippen MR) is 115 cm³/mol. The monoisotopic (exact) mass is 396 g/mol. The lowest BCUT2D eigenvalue weighted by atomic mass is 9.68. The lowest BCUT2D eigenvalue weighted by Crippen LogP contribution is -2.35. The number of carbonyl (C=O) groups excluding carboxylic acids is 1. The van der Waals surface area contributed by atoms with Gasteiger partial charge in [0.2, 0.25) is 0 Å². The third kappa shape index (κ3) is 4.17. The first kappa shape index (κ1) is 20.7. The number of benzene rings is 1. The van der Waals surface area contributed by atoms with E-state index >= 15 is 0 Å². The molecule has 0 saturated heterocycles. The number of hydrogen-bond donors (Lipinski definition) is 0. The molecule has 0 spiro atoms. The molecule has 28 heavy (non-hydrogen) atoms. The van der Waals surface area contributed by atoms with E-state index in [2.05, 4.69) is 26.8 Å². The third-order valence-corrected chi connectivity index (χ3v) is 6.55. The number of Topliss-reactive ketones (excluding diaryl/α,β-unsaturated/α-hetero) is 1. The van der Waals surface area contributed by atoms with Crippen LogP contribution in [0.5, 0.6) is 5.75 Å². The van der Waals surface area contributed by atoms with E-state index in [0.717, 1.165) is 52.6 Å². The zero-order valence-electron chi connectivity index (χ0n) is 17.1. The number of carbonyl (C=O) groups is 1. The summed E-state index contributed by atoms with van der Waals surface area (Å²) < 4.78 is 5.28. The number of rotatable bonds is 5. The normalized spacial score (nSPS) is 23.7. The molecule has 1 aliphatic heterocycles. The van der Waals surface area contributed by atoms with E-state index in [0.29, 0.717) is 6.42 Å². The van der Waals surface area contributed by atoms with Crippen molar-refractivity contribution in [2.45, 2.75) is 52.4 Å². The van der Waals surface area contributed by atoms with Gasteiger partial charge in [-0.05, 0) is 41.7 Å². The fraction of sp³-hybridized carbons (Fsp3) is 0.522. The lowest BCUT2D eigenvalue weighted by Gasteiger charge is -2.38. The highest BCUT2D eigenvalue weighted by atomic mass is 32.2. The Bertz CT molecular complexity index is 846. The Hall–Kier alpha value is -2.06. The molecule has 0 bridgehead atoms. The molecule has 2 aliphatic rings. The van der Waals surface area contributed by atoms with Gasteiger partial charge in [-0.3, -0.25) is 4.79 Å². The Kier molecular flexibility index (Phi) is 6.30. The number of nitrogens with zero attached hydrogens (tertiary/aromatic N) is 2. The van der Waals surface area contributed by atoms with Crippen LogP contribution in [0.2, 0.25) is 0 Å². The summed E-state index contributed by atoms with van der Waals surface area (Å²) in [7, 11) is 1.64. The van der Waals surface area contributed by atoms with Gasteiger partial charge in [0.05, 0.1) is 18.2 Å². The lowest BCUT2D eigenvalue weighted by molar-refractivity contribution is -0.118. The van der Waals surface area contributed by atoms with Crippen LogP contribution in [-0.4, -0.2) is 23.7 Å². The molecule has 148 valence electrons. The Morgan fingerprint density at radius 3 is 2.61 bits per heavy atom. The van der Waals surface area contributed by atoms with Gasteiger partial charge in [0.15, 0.2) is 5.78 Å². The summed E-state index contributed by atoms with van der Waals surface area (Å²) >= 11 is 1.68. The topological polar surface area (TPSA) is 62.4 Å². The van der Waals surface area contributed by atoms with Crippen LogP contribution in [0.1, 0.15) is 57.9 Å². The van der Waals surface area contributed by atoms with Gasteiger partial charge in [0.1, 0.15) is 11.7 Å². The van der Waals surface area contributed by atoms with E-state index in [1.807, 2.05) is 24.3 Å². The minimum absolute atomic E-state index is 0.0947. The quantitative estimate of drug-likeness (QED) is 0.616. The molecule has 5 heteroatoms. The maximum Gasteiger partial charge on any atom is 0.161 e. The van der Waals surface area contributed by atoms with Crippen LogP contribution in [0.3, 0.4) is 0 Å². The van der Waals surface area contributed by atoms with Gasteiger partial charge in [-0.15, -0.1) is 11.8 Å². The number of hydrogen-bond acceptors (Lipinski definition) is 5. The van der Waals surface area contributed by atoms with Gasteiger partial charge in [-0.25, -0.2) is 4.99 Å². The highest BCUT2D eigenvalue weighted by Crippen LogP contribution is 2.48. The molecule has 1 aromatic carbocycles. The van der Waals surface area contributed by atoms with Gasteiger partial charge in [0, 0.05) is 23.6 Å². The largest absolute Gasteiger partial charge is 0.497 e. The number of allylic oxidation sites excluding steroid dienone is 2. The van der Waals surface area contributed by atoms with Crippen molar-refractivity contribution >= 4 is 22.6 Å². The number of thioether (sulfide) groups is 1. The maximum absolute atomic E-state index is 13.1. The predicted octanol–water partition coefficient (Wildman–Crippen LogP) is 5.51. The van der Waals surface area contributed by atoms with E-state index in [-0.39, 0.29) is 17.1 Å². The van der Waals surface area contributed by atoms with E-state index < -0.39 is 5.92 Å². The molecule has 0 radical (unpaired) electrons. The Morgan fingerprint density at radius 1 is 1.29 bits per heavy atom. The average molecular weight is 397 g/mol. The Balaban J connectivity index is 2.08. The first-order chi connectivity index (χ1) is 13.4. The molecule has 1 heterocycles. The molecule has 3 rings (SSSR count). The zero-order valence-corrected chi connectivity index (χ0v) is 17.9. The van der Waals surface area contributed by atoms with Crippen LogP contribution < -0.4 is 4.74 Å². The molecule has 0 N–H and O–H groups in total. The minimum atomic E-state index is -0.417. The van der Waals surface area contributed by atoms with Crippen LogP contribution in [0.4, 0.5) is 0 Å². The highest BCUT2D eigenvalue weighted by molar-refractivity contribution is 8.14. The summed E-state index contributed by atoms with van der Waals surface area (Å²) in [6, 6.07) is 10.2. The number of nitriles is 1. The summed E-state index contributed by atoms with van der Waals surface area (Å²) in [4.78, 5) is 18.0. The van der Waals surface area contributed by atoms with Crippen LogP contribution >= 0.6 is 11.8 Å². The first-order valence-corrected chi connectivity index (χ1v) is 10.9. The molecule has 0 fully saturated rings. The summed E-state index contributed by atoms with van der Waals surface area (Å²) in [5, 5.41) is 10.9. The number of unbranched alkanes of at least 4 members (excludes halogenated alkanes) is 1. The van der Waals surface area contributed by atoms with Crippen LogP contribution in [-0.2, 0) is 4.79 Å². The van der Waals surface area contributed by atoms with Gasteiger partial charge < -0.3 is 4.74 Å². The van der Waals surface area contributed by atoms with Crippen molar-refractivity contribution in [3.63, 3.8) is 0 Å². The minimum Gasteiger partial charge on any atom is -0.497 e. The van der Waals surface area contributed by atoms with Gasteiger partial charge in [0.25, 0.3) is 0 Å². The van der Waals surface area contributed by atoms with Crippen molar-refractivity contribution in [2.75, 3.05) is 12.9 Å². The number of ketones is 1. The van der Waals surface area contributed by atoms with Crippen molar-refractivity contribution < 1.29 is 9.53 Å². The molecule has 0 saturated carbocycles. The maximum atomic E-state index is 13.1. The molecule has 0 amide bonds. The van der Waals surface area contributed by atoms with Gasteiger partial charge in [-0.2, -0.15) is 5.26 Å². The van der Waals surface area contributed by atoms with Crippen LogP contribution in [0.25, 0.3) is 0 Å². The van der Waals surface area contributed by atoms with Crippen molar-refractivity contribution in [1.82, 2.24) is 0 Å².